The van der Waals surface area contributed by atoms with Gasteiger partial charge >= 0.3 is 0 Å². The SMILES string of the molecule is CC(C)(C)OCCC(=O)Nc1nc2ccc(N3CCOCC3)nc2n1C1CCC1. The summed E-state index contributed by atoms with van der Waals surface area (Å²) in [7, 11) is 0. The molecule has 4 rings (SSSR count). The molecule has 1 aliphatic carbocycles. The van der Waals surface area contributed by atoms with Gasteiger partial charge in [-0.15, -0.1) is 0 Å². The van der Waals surface area contributed by atoms with Crippen LogP contribution in [0.3, 0.4) is 0 Å². The molecule has 2 aromatic rings. The van der Waals surface area contributed by atoms with Crippen LogP contribution in [0, 0.1) is 0 Å². The Labute approximate surface area is 171 Å². The highest BCUT2D eigenvalue weighted by Crippen LogP contribution is 2.37. The molecule has 2 fully saturated rings. The van der Waals surface area contributed by atoms with E-state index < -0.39 is 0 Å². The van der Waals surface area contributed by atoms with Gasteiger partial charge in [0.1, 0.15) is 11.3 Å². The molecule has 29 heavy (non-hydrogen) atoms. The molecule has 0 spiro atoms. The minimum Gasteiger partial charge on any atom is -0.378 e. The Bertz CT molecular complexity index is 863. The van der Waals surface area contributed by atoms with Gasteiger partial charge in [0.2, 0.25) is 11.9 Å². The number of pyridine rings is 1. The Hall–Kier alpha value is -2.19. The van der Waals surface area contributed by atoms with E-state index >= 15 is 0 Å². The topological polar surface area (TPSA) is 81.5 Å². The summed E-state index contributed by atoms with van der Waals surface area (Å²) in [6.07, 6.45) is 3.67. The van der Waals surface area contributed by atoms with Gasteiger partial charge < -0.3 is 14.4 Å². The fourth-order valence-electron chi connectivity index (χ4n) is 3.65. The Kier molecular flexibility index (Phi) is 5.74. The first-order valence-corrected chi connectivity index (χ1v) is 10.6. The quantitative estimate of drug-likeness (QED) is 0.801. The standard InChI is InChI=1S/C21H31N5O3/c1-21(2,3)29-12-9-18(27)24-20-22-16-7-8-17(25-10-13-28-14-11-25)23-19(16)26(20)15-5-4-6-15/h7-8,15H,4-6,9-14H2,1-3H3,(H,22,24,27). The summed E-state index contributed by atoms with van der Waals surface area (Å²) < 4.78 is 13.2. The number of nitrogens with one attached hydrogen (secondary N) is 1. The molecule has 1 N–H and O–H groups in total. The number of hydrogen-bond donors (Lipinski definition) is 1. The van der Waals surface area contributed by atoms with Crippen molar-refractivity contribution in [2.45, 2.75) is 58.1 Å². The van der Waals surface area contributed by atoms with Crippen LogP contribution in [0.25, 0.3) is 11.2 Å². The first kappa shape index (κ1) is 20.1. The number of aromatic nitrogens is 3. The van der Waals surface area contributed by atoms with Crippen LogP contribution < -0.4 is 10.2 Å². The minimum absolute atomic E-state index is 0.0847. The number of imidazole rings is 1. The highest BCUT2D eigenvalue weighted by atomic mass is 16.5. The first-order chi connectivity index (χ1) is 13.9. The van der Waals surface area contributed by atoms with E-state index in [4.69, 9.17) is 14.5 Å². The number of carbonyl (C=O) groups excluding carboxylic acids is 1. The van der Waals surface area contributed by atoms with E-state index in [9.17, 15) is 4.79 Å². The number of morpholine rings is 1. The van der Waals surface area contributed by atoms with Gasteiger partial charge in [-0.05, 0) is 52.2 Å². The summed E-state index contributed by atoms with van der Waals surface area (Å²) in [6.45, 7) is 9.47. The number of amides is 1. The number of ether oxygens (including phenoxy) is 2. The molecule has 1 saturated carbocycles. The number of carbonyl (C=O) groups is 1. The zero-order chi connectivity index (χ0) is 20.4. The van der Waals surface area contributed by atoms with Crippen LogP contribution in [-0.4, -0.2) is 59.0 Å². The van der Waals surface area contributed by atoms with Crippen LogP contribution in [0.5, 0.6) is 0 Å². The van der Waals surface area contributed by atoms with Crippen LogP contribution in [0.15, 0.2) is 12.1 Å². The second kappa shape index (κ2) is 8.28. The van der Waals surface area contributed by atoms with E-state index in [1.807, 2.05) is 32.9 Å². The van der Waals surface area contributed by atoms with Gasteiger partial charge in [-0.1, -0.05) is 0 Å². The lowest BCUT2D eigenvalue weighted by molar-refractivity contribution is -0.118. The van der Waals surface area contributed by atoms with Gasteiger partial charge in [-0.3, -0.25) is 14.7 Å². The first-order valence-electron chi connectivity index (χ1n) is 10.6. The Morgan fingerprint density at radius 1 is 1.24 bits per heavy atom. The van der Waals surface area contributed by atoms with Gasteiger partial charge in [0, 0.05) is 19.1 Å². The van der Waals surface area contributed by atoms with Crippen molar-refractivity contribution >= 4 is 28.8 Å². The van der Waals surface area contributed by atoms with Crippen LogP contribution in [0.2, 0.25) is 0 Å². The average Bonchev–Trinajstić information content (AvgIpc) is 2.97. The normalized spacial score (nSPS) is 18.1. The molecule has 0 unspecified atom stereocenters. The molecule has 1 amide bonds. The highest BCUT2D eigenvalue weighted by molar-refractivity contribution is 5.91. The summed E-state index contributed by atoms with van der Waals surface area (Å²) in [5.41, 5.74) is 1.41. The molecule has 3 heterocycles. The van der Waals surface area contributed by atoms with E-state index in [1.54, 1.807) is 0 Å². The molecular formula is C21H31N5O3. The van der Waals surface area contributed by atoms with Crippen molar-refractivity contribution in [2.75, 3.05) is 43.1 Å². The summed E-state index contributed by atoms with van der Waals surface area (Å²) in [4.78, 5) is 24.3. The van der Waals surface area contributed by atoms with Gasteiger partial charge in [-0.25, -0.2) is 9.97 Å². The van der Waals surface area contributed by atoms with Crippen LogP contribution in [0.4, 0.5) is 11.8 Å². The van der Waals surface area contributed by atoms with Gasteiger partial charge in [-0.2, -0.15) is 0 Å². The van der Waals surface area contributed by atoms with E-state index in [2.05, 4.69) is 19.8 Å². The lowest BCUT2D eigenvalue weighted by atomic mass is 9.93. The number of hydrogen-bond acceptors (Lipinski definition) is 6. The Morgan fingerprint density at radius 2 is 2.00 bits per heavy atom. The third-order valence-electron chi connectivity index (χ3n) is 5.41. The van der Waals surface area contributed by atoms with Crippen LogP contribution >= 0.6 is 0 Å². The molecule has 1 aliphatic heterocycles. The zero-order valence-corrected chi connectivity index (χ0v) is 17.6. The molecule has 0 atom stereocenters. The summed E-state index contributed by atoms with van der Waals surface area (Å²) >= 11 is 0. The maximum atomic E-state index is 12.5. The third kappa shape index (κ3) is 4.70. The number of anilines is 2. The lowest BCUT2D eigenvalue weighted by Gasteiger charge is -2.30. The summed E-state index contributed by atoms with van der Waals surface area (Å²) in [6, 6.07) is 4.35. The van der Waals surface area contributed by atoms with Crippen molar-refractivity contribution in [1.82, 2.24) is 14.5 Å². The smallest absolute Gasteiger partial charge is 0.229 e. The van der Waals surface area contributed by atoms with Crippen molar-refractivity contribution in [2.24, 2.45) is 0 Å². The second-order valence-corrected chi connectivity index (χ2v) is 8.76. The molecule has 0 aromatic carbocycles. The lowest BCUT2D eigenvalue weighted by Crippen LogP contribution is -2.36. The maximum Gasteiger partial charge on any atom is 0.229 e. The highest BCUT2D eigenvalue weighted by Gasteiger charge is 2.27. The fraction of sp³-hybridized carbons (Fsp3) is 0.667. The zero-order valence-electron chi connectivity index (χ0n) is 17.6. The van der Waals surface area contributed by atoms with Crippen molar-refractivity contribution in [3.63, 3.8) is 0 Å². The predicted octanol–water partition coefficient (Wildman–Crippen LogP) is 3.14. The van der Waals surface area contributed by atoms with Crippen LogP contribution in [0.1, 0.15) is 52.5 Å². The maximum absolute atomic E-state index is 12.5. The molecule has 2 aliphatic rings. The van der Waals surface area contributed by atoms with Gasteiger partial charge in [0.25, 0.3) is 0 Å². The van der Waals surface area contributed by atoms with Crippen molar-refractivity contribution in [3.05, 3.63) is 12.1 Å². The largest absolute Gasteiger partial charge is 0.378 e. The monoisotopic (exact) mass is 401 g/mol. The minimum atomic E-state index is -0.251. The molecule has 2 aromatic heterocycles. The van der Waals surface area contributed by atoms with Gasteiger partial charge in [0.15, 0.2) is 5.65 Å². The van der Waals surface area contributed by atoms with Crippen molar-refractivity contribution < 1.29 is 14.3 Å². The van der Waals surface area contributed by atoms with E-state index in [0.29, 0.717) is 25.0 Å². The molecular weight excluding hydrogens is 370 g/mol. The predicted molar refractivity (Wildman–Crippen MR) is 112 cm³/mol. The average molecular weight is 402 g/mol. The fourth-order valence-corrected chi connectivity index (χ4v) is 3.65. The second-order valence-electron chi connectivity index (χ2n) is 8.76. The molecule has 0 bridgehead atoms. The Balaban J connectivity index is 1.55. The molecule has 8 heteroatoms. The van der Waals surface area contributed by atoms with E-state index in [-0.39, 0.29) is 11.5 Å². The van der Waals surface area contributed by atoms with Crippen molar-refractivity contribution in [1.29, 1.82) is 0 Å². The van der Waals surface area contributed by atoms with Gasteiger partial charge in [0.05, 0.1) is 31.8 Å². The van der Waals surface area contributed by atoms with E-state index in [1.165, 1.54) is 6.42 Å². The number of fused-ring (bicyclic) bond motifs is 1. The Morgan fingerprint density at radius 3 is 2.66 bits per heavy atom. The number of rotatable bonds is 6. The summed E-state index contributed by atoms with van der Waals surface area (Å²) in [5.74, 6) is 1.45. The van der Waals surface area contributed by atoms with Crippen molar-refractivity contribution in [3.8, 4) is 0 Å². The molecule has 8 nitrogen and oxygen atoms in total. The molecule has 1 saturated heterocycles. The third-order valence-corrected chi connectivity index (χ3v) is 5.41. The summed E-state index contributed by atoms with van der Waals surface area (Å²) in [5, 5.41) is 2.99. The molecule has 158 valence electrons. The number of nitrogens with zero attached hydrogens (tertiary/aromatic N) is 4. The van der Waals surface area contributed by atoms with E-state index in [0.717, 1.165) is 56.1 Å². The van der Waals surface area contributed by atoms with Crippen LogP contribution in [-0.2, 0) is 14.3 Å². The molecule has 0 radical (unpaired) electrons.